The van der Waals surface area contributed by atoms with Gasteiger partial charge in [0.15, 0.2) is 0 Å². The molecule has 108 valence electrons. The molecule has 0 aliphatic carbocycles. The molecule has 2 N–H and O–H groups in total. The summed E-state index contributed by atoms with van der Waals surface area (Å²) in [5, 5.41) is 17.3. The molecule has 0 radical (unpaired) electrons. The molecule has 0 spiro atoms. The lowest BCUT2D eigenvalue weighted by molar-refractivity contribution is 0.475. The van der Waals surface area contributed by atoms with Crippen molar-refractivity contribution in [3.8, 4) is 11.5 Å². The van der Waals surface area contributed by atoms with E-state index in [2.05, 4.69) is 13.2 Å². The maximum atomic E-state index is 8.63. The van der Waals surface area contributed by atoms with E-state index in [1.54, 1.807) is 60.7 Å². The van der Waals surface area contributed by atoms with E-state index in [1.165, 1.54) is 0 Å². The van der Waals surface area contributed by atoms with E-state index < -0.39 is 0 Å². The van der Waals surface area contributed by atoms with Gasteiger partial charge in [-0.15, -0.1) is 13.2 Å². The van der Waals surface area contributed by atoms with Crippen LogP contribution in [0.5, 0.6) is 11.5 Å². The van der Waals surface area contributed by atoms with Crippen LogP contribution in [0.15, 0.2) is 86.0 Å². The molecule has 20 heavy (non-hydrogen) atoms. The average Bonchev–Trinajstić information content (AvgIpc) is 2.43. The molecule has 0 heterocycles. The van der Waals surface area contributed by atoms with Crippen LogP contribution in [0, 0.1) is 0 Å². The highest BCUT2D eigenvalue weighted by atomic mass is 16.3. The first kappa shape index (κ1) is 19.9. The summed E-state index contributed by atoms with van der Waals surface area (Å²) in [6, 6.07) is 17.4. The summed E-state index contributed by atoms with van der Waals surface area (Å²) in [4.78, 5) is 0. The highest BCUT2D eigenvalue weighted by Gasteiger charge is 1.75. The molecule has 2 aromatic carbocycles. The number of hydrogen-bond donors (Lipinski definition) is 2. The standard InChI is InChI=1S/2C6H6O.2C3H6/c2*7-6-4-2-1-3-5-6;2*1-3-2/h2*1-5,7H;2*3H,1H2,2H3. The van der Waals surface area contributed by atoms with E-state index in [1.807, 2.05) is 26.0 Å². The van der Waals surface area contributed by atoms with E-state index in [-0.39, 0.29) is 0 Å². The fourth-order valence-electron chi connectivity index (χ4n) is 0.856. The highest BCUT2D eigenvalue weighted by Crippen LogP contribution is 2.03. The first-order valence-electron chi connectivity index (χ1n) is 6.24. The van der Waals surface area contributed by atoms with Crippen LogP contribution >= 0.6 is 0 Å². The fourth-order valence-corrected chi connectivity index (χ4v) is 0.856. The van der Waals surface area contributed by atoms with Crippen LogP contribution in [-0.2, 0) is 0 Å². The molecule has 0 aliphatic rings. The third-order valence-electron chi connectivity index (χ3n) is 1.51. The van der Waals surface area contributed by atoms with Crippen LogP contribution in [0.4, 0.5) is 0 Å². The Balaban J connectivity index is 0. The summed E-state index contributed by atoms with van der Waals surface area (Å²) in [5.41, 5.74) is 0. The summed E-state index contributed by atoms with van der Waals surface area (Å²) in [6.07, 6.45) is 3.50. The van der Waals surface area contributed by atoms with Crippen LogP contribution in [0.1, 0.15) is 13.8 Å². The Morgan fingerprint density at radius 3 is 0.950 bits per heavy atom. The molecule has 0 aromatic heterocycles. The molecule has 0 saturated carbocycles. The summed E-state index contributed by atoms with van der Waals surface area (Å²) < 4.78 is 0. The molecule has 2 heteroatoms. The molecule has 0 aliphatic heterocycles. The van der Waals surface area contributed by atoms with E-state index in [4.69, 9.17) is 10.2 Å². The second-order valence-electron chi connectivity index (χ2n) is 3.49. The van der Waals surface area contributed by atoms with Crippen molar-refractivity contribution in [2.75, 3.05) is 0 Å². The summed E-state index contributed by atoms with van der Waals surface area (Å²) >= 11 is 0. The topological polar surface area (TPSA) is 40.5 Å². The third kappa shape index (κ3) is 17.9. The van der Waals surface area contributed by atoms with Gasteiger partial charge in [-0.05, 0) is 38.1 Å². The smallest absolute Gasteiger partial charge is 0.115 e. The monoisotopic (exact) mass is 272 g/mol. The number of rotatable bonds is 0. The normalized spacial score (nSPS) is 7.30. The molecule has 0 fully saturated rings. The van der Waals surface area contributed by atoms with Crippen molar-refractivity contribution >= 4 is 0 Å². The van der Waals surface area contributed by atoms with E-state index >= 15 is 0 Å². The third-order valence-corrected chi connectivity index (χ3v) is 1.51. The number of phenolic OH excluding ortho intramolecular Hbond substituents is 2. The summed E-state index contributed by atoms with van der Waals surface area (Å²) in [6.45, 7) is 10.5. The molecule has 2 rings (SSSR count). The Hall–Kier alpha value is -2.48. The summed E-state index contributed by atoms with van der Waals surface area (Å²) in [5.74, 6) is 0.644. The predicted octanol–water partition coefficient (Wildman–Crippen LogP) is 5.17. The van der Waals surface area contributed by atoms with Gasteiger partial charge in [-0.3, -0.25) is 0 Å². The molecular formula is C18H24O2. The second kappa shape index (κ2) is 16.5. The van der Waals surface area contributed by atoms with Crippen molar-refractivity contribution in [3.05, 3.63) is 86.0 Å². The van der Waals surface area contributed by atoms with E-state index in [0.717, 1.165) is 0 Å². The largest absolute Gasteiger partial charge is 0.508 e. The van der Waals surface area contributed by atoms with E-state index in [0.29, 0.717) is 11.5 Å². The number of hydrogen-bond acceptors (Lipinski definition) is 2. The molecule has 0 bridgehead atoms. The van der Waals surface area contributed by atoms with Crippen molar-refractivity contribution < 1.29 is 10.2 Å². The van der Waals surface area contributed by atoms with Crippen LogP contribution < -0.4 is 0 Å². The number of allylic oxidation sites excluding steroid dienone is 2. The molecule has 2 nitrogen and oxygen atoms in total. The van der Waals surface area contributed by atoms with Gasteiger partial charge < -0.3 is 10.2 Å². The molecule has 0 atom stereocenters. The van der Waals surface area contributed by atoms with Crippen molar-refractivity contribution in [1.29, 1.82) is 0 Å². The van der Waals surface area contributed by atoms with Gasteiger partial charge in [0.05, 0.1) is 0 Å². The van der Waals surface area contributed by atoms with Crippen LogP contribution in [-0.4, -0.2) is 10.2 Å². The minimum atomic E-state index is 0.322. The zero-order valence-electron chi connectivity index (χ0n) is 12.2. The minimum Gasteiger partial charge on any atom is -0.508 e. The van der Waals surface area contributed by atoms with Crippen molar-refractivity contribution in [1.82, 2.24) is 0 Å². The van der Waals surface area contributed by atoms with Crippen molar-refractivity contribution in [2.24, 2.45) is 0 Å². The number of para-hydroxylation sites is 2. The molecule has 0 saturated heterocycles. The number of phenols is 2. The Bertz CT molecular complexity index is 378. The van der Waals surface area contributed by atoms with Crippen molar-refractivity contribution in [3.63, 3.8) is 0 Å². The quantitative estimate of drug-likeness (QED) is 0.649. The lowest BCUT2D eigenvalue weighted by atomic mass is 10.3. The lowest BCUT2D eigenvalue weighted by Crippen LogP contribution is -1.56. The molecular weight excluding hydrogens is 248 g/mol. The van der Waals surface area contributed by atoms with E-state index in [9.17, 15) is 0 Å². The van der Waals surface area contributed by atoms with Gasteiger partial charge in [0, 0.05) is 0 Å². The van der Waals surface area contributed by atoms with Crippen LogP contribution in [0.25, 0.3) is 0 Å². The highest BCUT2D eigenvalue weighted by molar-refractivity contribution is 5.19. The fraction of sp³-hybridized carbons (Fsp3) is 0.111. The van der Waals surface area contributed by atoms with Gasteiger partial charge in [-0.1, -0.05) is 48.6 Å². The Morgan fingerprint density at radius 1 is 0.650 bits per heavy atom. The Kier molecular flexibility index (Phi) is 16.4. The first-order valence-corrected chi connectivity index (χ1v) is 6.24. The first-order chi connectivity index (χ1) is 9.62. The Morgan fingerprint density at radius 2 is 0.850 bits per heavy atom. The van der Waals surface area contributed by atoms with Gasteiger partial charge in [0.25, 0.3) is 0 Å². The van der Waals surface area contributed by atoms with Gasteiger partial charge in [-0.25, -0.2) is 0 Å². The average molecular weight is 272 g/mol. The van der Waals surface area contributed by atoms with Crippen LogP contribution in [0.2, 0.25) is 0 Å². The maximum Gasteiger partial charge on any atom is 0.115 e. The number of benzene rings is 2. The maximum absolute atomic E-state index is 8.63. The van der Waals surface area contributed by atoms with Gasteiger partial charge >= 0.3 is 0 Å². The van der Waals surface area contributed by atoms with Crippen LogP contribution in [0.3, 0.4) is 0 Å². The van der Waals surface area contributed by atoms with Gasteiger partial charge in [0.1, 0.15) is 11.5 Å². The second-order valence-corrected chi connectivity index (χ2v) is 3.49. The zero-order valence-corrected chi connectivity index (χ0v) is 12.2. The van der Waals surface area contributed by atoms with Crippen molar-refractivity contribution in [2.45, 2.75) is 13.8 Å². The molecule has 0 amide bonds. The van der Waals surface area contributed by atoms with Gasteiger partial charge in [0.2, 0.25) is 0 Å². The SMILES string of the molecule is C=CC.C=CC.Oc1ccccc1.Oc1ccccc1. The lowest BCUT2D eigenvalue weighted by Gasteiger charge is -1.82. The predicted molar refractivity (Wildman–Crippen MR) is 88.0 cm³/mol. The molecule has 0 unspecified atom stereocenters. The number of aromatic hydroxyl groups is 2. The zero-order chi connectivity index (χ0) is 15.6. The minimum absolute atomic E-state index is 0.322. The molecule has 2 aromatic rings. The Labute approximate surface area is 122 Å². The van der Waals surface area contributed by atoms with Gasteiger partial charge in [-0.2, -0.15) is 0 Å². The summed E-state index contributed by atoms with van der Waals surface area (Å²) in [7, 11) is 0.